The average Bonchev–Trinajstić information content (AvgIpc) is 2.52. The van der Waals surface area contributed by atoms with E-state index in [2.05, 4.69) is 18.4 Å². The van der Waals surface area contributed by atoms with E-state index in [0.29, 0.717) is 0 Å². The number of hydrogen-bond donors (Lipinski definition) is 0. The van der Waals surface area contributed by atoms with Crippen LogP contribution in [-0.2, 0) is 6.42 Å². The molecule has 0 bridgehead atoms. The lowest BCUT2D eigenvalue weighted by atomic mass is 10.1. The van der Waals surface area contributed by atoms with Crippen molar-refractivity contribution in [2.75, 3.05) is 0 Å². The minimum absolute atomic E-state index is 0.157. The predicted octanol–water partition coefficient (Wildman–Crippen LogP) is 3.79. The van der Waals surface area contributed by atoms with Crippen LogP contribution in [0.25, 0.3) is 0 Å². The van der Waals surface area contributed by atoms with Gasteiger partial charge in [0.05, 0.1) is 0 Å². The van der Waals surface area contributed by atoms with Gasteiger partial charge in [-0.3, -0.25) is 0 Å². The van der Waals surface area contributed by atoms with Crippen molar-refractivity contribution in [2.45, 2.75) is 13.3 Å². The molecule has 0 atom stereocenters. The van der Waals surface area contributed by atoms with Crippen LogP contribution in [0.1, 0.15) is 16.0 Å². The zero-order chi connectivity index (χ0) is 9.97. The third-order valence-electron chi connectivity index (χ3n) is 2.25. The molecule has 2 rings (SSSR count). The van der Waals surface area contributed by atoms with E-state index in [1.165, 1.54) is 16.5 Å². The highest BCUT2D eigenvalue weighted by atomic mass is 32.1. The monoisotopic (exact) mass is 206 g/mol. The van der Waals surface area contributed by atoms with Crippen molar-refractivity contribution >= 4 is 11.3 Å². The van der Waals surface area contributed by atoms with Crippen LogP contribution >= 0.6 is 11.3 Å². The molecule has 0 N–H and O–H groups in total. The highest BCUT2D eigenvalue weighted by Crippen LogP contribution is 2.19. The van der Waals surface area contributed by atoms with Gasteiger partial charge in [0.15, 0.2) is 0 Å². The van der Waals surface area contributed by atoms with Gasteiger partial charge < -0.3 is 0 Å². The Morgan fingerprint density at radius 2 is 2.14 bits per heavy atom. The lowest BCUT2D eigenvalue weighted by Crippen LogP contribution is -1.88. The molecule has 0 saturated carbocycles. The summed E-state index contributed by atoms with van der Waals surface area (Å²) in [5, 5.41) is 2.07. The minimum atomic E-state index is -0.157. The van der Waals surface area contributed by atoms with Crippen LogP contribution < -0.4 is 0 Å². The van der Waals surface area contributed by atoms with Crippen molar-refractivity contribution < 1.29 is 4.39 Å². The fourth-order valence-electron chi connectivity index (χ4n) is 1.46. The summed E-state index contributed by atoms with van der Waals surface area (Å²) in [5.41, 5.74) is 2.33. The molecular formula is C12H11FS. The molecule has 14 heavy (non-hydrogen) atoms. The second-order valence-electron chi connectivity index (χ2n) is 3.31. The van der Waals surface area contributed by atoms with Crippen molar-refractivity contribution in [1.29, 1.82) is 0 Å². The standard InChI is InChI=1S/C12H11FS/c1-9-11(5-6-14-9)7-10-3-2-4-12(13)8-10/h2-6,8H,7H2,1H3. The molecular weight excluding hydrogens is 195 g/mol. The zero-order valence-corrected chi connectivity index (χ0v) is 8.77. The summed E-state index contributed by atoms with van der Waals surface area (Å²) >= 11 is 1.73. The van der Waals surface area contributed by atoms with Crippen LogP contribution in [0.3, 0.4) is 0 Å². The van der Waals surface area contributed by atoms with E-state index in [1.54, 1.807) is 23.5 Å². The number of rotatable bonds is 2. The first kappa shape index (κ1) is 9.41. The second-order valence-corrected chi connectivity index (χ2v) is 4.43. The van der Waals surface area contributed by atoms with Crippen LogP contribution in [0, 0.1) is 12.7 Å². The molecule has 0 aliphatic carbocycles. The molecule has 1 heterocycles. The molecule has 0 nitrogen and oxygen atoms in total. The van der Waals surface area contributed by atoms with E-state index in [9.17, 15) is 4.39 Å². The maximum absolute atomic E-state index is 12.9. The molecule has 72 valence electrons. The van der Waals surface area contributed by atoms with E-state index < -0.39 is 0 Å². The van der Waals surface area contributed by atoms with Gasteiger partial charge in [-0.05, 0) is 48.1 Å². The smallest absolute Gasteiger partial charge is 0.123 e. The van der Waals surface area contributed by atoms with Gasteiger partial charge >= 0.3 is 0 Å². The maximum Gasteiger partial charge on any atom is 0.123 e. The minimum Gasteiger partial charge on any atom is -0.207 e. The topological polar surface area (TPSA) is 0 Å². The Hall–Kier alpha value is -1.15. The zero-order valence-electron chi connectivity index (χ0n) is 7.96. The Bertz CT molecular complexity index is 431. The molecule has 2 aromatic rings. The molecule has 0 amide bonds. The SMILES string of the molecule is Cc1sccc1Cc1cccc(F)c1. The van der Waals surface area contributed by atoms with Crippen molar-refractivity contribution in [1.82, 2.24) is 0 Å². The van der Waals surface area contributed by atoms with Gasteiger partial charge in [-0.2, -0.15) is 0 Å². The van der Waals surface area contributed by atoms with Crippen LogP contribution in [-0.4, -0.2) is 0 Å². The Morgan fingerprint density at radius 1 is 1.29 bits per heavy atom. The van der Waals surface area contributed by atoms with Crippen LogP contribution in [0.4, 0.5) is 4.39 Å². The summed E-state index contributed by atoms with van der Waals surface area (Å²) in [6.45, 7) is 2.10. The van der Waals surface area contributed by atoms with E-state index in [1.807, 2.05) is 6.07 Å². The number of hydrogen-bond acceptors (Lipinski definition) is 1. The van der Waals surface area contributed by atoms with Crippen LogP contribution in [0.15, 0.2) is 35.7 Å². The van der Waals surface area contributed by atoms with Crippen LogP contribution in [0.2, 0.25) is 0 Å². The van der Waals surface area contributed by atoms with Gasteiger partial charge in [0, 0.05) is 4.88 Å². The summed E-state index contributed by atoms with van der Waals surface area (Å²) in [6, 6.07) is 8.89. The molecule has 0 aliphatic heterocycles. The molecule has 0 radical (unpaired) electrons. The van der Waals surface area contributed by atoms with E-state index in [4.69, 9.17) is 0 Å². The van der Waals surface area contributed by atoms with Gasteiger partial charge in [0.1, 0.15) is 5.82 Å². The predicted molar refractivity (Wildman–Crippen MR) is 58.3 cm³/mol. The van der Waals surface area contributed by atoms with Crippen molar-refractivity contribution in [3.05, 3.63) is 57.5 Å². The number of benzene rings is 1. The third-order valence-corrected chi connectivity index (χ3v) is 3.14. The molecule has 0 aliphatic rings. The molecule has 0 fully saturated rings. The largest absolute Gasteiger partial charge is 0.207 e. The normalized spacial score (nSPS) is 10.4. The summed E-state index contributed by atoms with van der Waals surface area (Å²) in [5.74, 6) is -0.157. The Labute approximate surface area is 87.0 Å². The fraction of sp³-hybridized carbons (Fsp3) is 0.167. The van der Waals surface area contributed by atoms with Gasteiger partial charge in [-0.15, -0.1) is 11.3 Å². The summed E-state index contributed by atoms with van der Waals surface area (Å²) in [7, 11) is 0. The van der Waals surface area contributed by atoms with E-state index >= 15 is 0 Å². The van der Waals surface area contributed by atoms with Crippen molar-refractivity contribution in [3.63, 3.8) is 0 Å². The van der Waals surface area contributed by atoms with Gasteiger partial charge in [0.25, 0.3) is 0 Å². The van der Waals surface area contributed by atoms with Crippen molar-refractivity contribution in [3.8, 4) is 0 Å². The highest BCUT2D eigenvalue weighted by molar-refractivity contribution is 7.10. The first-order chi connectivity index (χ1) is 6.75. The number of thiophene rings is 1. The third kappa shape index (κ3) is 2.02. The summed E-state index contributed by atoms with van der Waals surface area (Å²) < 4.78 is 12.9. The summed E-state index contributed by atoms with van der Waals surface area (Å²) in [6.07, 6.45) is 0.826. The van der Waals surface area contributed by atoms with Gasteiger partial charge in [-0.1, -0.05) is 12.1 Å². The number of aryl methyl sites for hydroxylation is 1. The molecule has 1 aromatic heterocycles. The van der Waals surface area contributed by atoms with Crippen molar-refractivity contribution in [2.24, 2.45) is 0 Å². The van der Waals surface area contributed by atoms with Crippen LogP contribution in [0.5, 0.6) is 0 Å². The van der Waals surface area contributed by atoms with E-state index in [-0.39, 0.29) is 5.82 Å². The molecule has 2 heteroatoms. The molecule has 1 aromatic carbocycles. The quantitative estimate of drug-likeness (QED) is 0.701. The average molecular weight is 206 g/mol. The lowest BCUT2D eigenvalue weighted by Gasteiger charge is -2.00. The highest BCUT2D eigenvalue weighted by Gasteiger charge is 2.01. The Kier molecular flexibility index (Phi) is 2.64. The Morgan fingerprint density at radius 3 is 2.79 bits per heavy atom. The molecule has 0 saturated heterocycles. The van der Waals surface area contributed by atoms with Gasteiger partial charge in [-0.25, -0.2) is 4.39 Å². The lowest BCUT2D eigenvalue weighted by molar-refractivity contribution is 0.626. The fourth-order valence-corrected chi connectivity index (χ4v) is 2.19. The second kappa shape index (κ2) is 3.93. The number of halogens is 1. The Balaban J connectivity index is 2.23. The van der Waals surface area contributed by atoms with E-state index in [0.717, 1.165) is 12.0 Å². The molecule has 0 unspecified atom stereocenters. The first-order valence-electron chi connectivity index (χ1n) is 4.53. The van der Waals surface area contributed by atoms with Gasteiger partial charge in [0.2, 0.25) is 0 Å². The summed E-state index contributed by atoms with van der Waals surface area (Å²) in [4.78, 5) is 1.31. The first-order valence-corrected chi connectivity index (χ1v) is 5.41. The maximum atomic E-state index is 12.9. The molecule has 0 spiro atoms.